The molecule has 2 aromatic rings. The first-order valence-corrected chi connectivity index (χ1v) is 7.28. The molecule has 3 rings (SSSR count). The third-order valence-electron chi connectivity index (χ3n) is 4.25. The van der Waals surface area contributed by atoms with Crippen LogP contribution in [-0.2, 0) is 12.8 Å². The minimum absolute atomic E-state index is 0.106. The Balaban J connectivity index is 1.81. The number of ether oxygens (including phenoxy) is 1. The molecule has 1 fully saturated rings. The summed E-state index contributed by atoms with van der Waals surface area (Å²) < 4.78 is 19.4. The molecule has 0 unspecified atom stereocenters. The van der Waals surface area contributed by atoms with Crippen LogP contribution in [0.15, 0.2) is 48.5 Å². The molecule has 0 spiro atoms. The van der Waals surface area contributed by atoms with Crippen LogP contribution in [0.25, 0.3) is 0 Å². The van der Waals surface area contributed by atoms with Gasteiger partial charge in [-0.25, -0.2) is 4.39 Å². The van der Waals surface area contributed by atoms with Crippen LogP contribution in [0.1, 0.15) is 11.1 Å². The normalized spacial score (nSPS) is 16.3. The molecule has 0 saturated carbocycles. The maximum atomic E-state index is 14.4. The number of benzene rings is 2. The summed E-state index contributed by atoms with van der Waals surface area (Å²) in [7, 11) is 1.51. The van der Waals surface area contributed by atoms with Crippen LogP contribution in [0.4, 0.5) is 4.39 Å². The van der Waals surface area contributed by atoms with Gasteiger partial charge in [-0.05, 0) is 30.0 Å². The van der Waals surface area contributed by atoms with E-state index < -0.39 is 0 Å². The Morgan fingerprint density at radius 1 is 1.05 bits per heavy atom. The van der Waals surface area contributed by atoms with Crippen molar-refractivity contribution in [1.29, 1.82) is 0 Å². The van der Waals surface area contributed by atoms with E-state index in [0.717, 1.165) is 31.5 Å². The molecule has 1 aliphatic heterocycles. The second-order valence-electron chi connectivity index (χ2n) is 5.88. The van der Waals surface area contributed by atoms with E-state index in [2.05, 4.69) is 29.6 Å². The minimum atomic E-state index is -0.223. The highest BCUT2D eigenvalue weighted by molar-refractivity contribution is 5.32. The van der Waals surface area contributed by atoms with Crippen LogP contribution in [0, 0.1) is 11.2 Å². The second-order valence-corrected chi connectivity index (χ2v) is 5.88. The lowest BCUT2D eigenvalue weighted by molar-refractivity contribution is 0.164. The molecule has 110 valence electrons. The van der Waals surface area contributed by atoms with E-state index in [4.69, 9.17) is 4.74 Å². The zero-order valence-corrected chi connectivity index (χ0v) is 12.2. The lowest BCUT2D eigenvalue weighted by Gasteiger charge is -2.43. The molecule has 1 saturated heterocycles. The van der Waals surface area contributed by atoms with Gasteiger partial charge < -0.3 is 10.1 Å². The fraction of sp³-hybridized carbons (Fsp3) is 0.333. The Morgan fingerprint density at radius 3 is 2.43 bits per heavy atom. The minimum Gasteiger partial charge on any atom is -0.494 e. The van der Waals surface area contributed by atoms with Gasteiger partial charge in [0.05, 0.1) is 7.11 Å². The highest BCUT2D eigenvalue weighted by Crippen LogP contribution is 2.34. The third kappa shape index (κ3) is 2.93. The maximum Gasteiger partial charge on any atom is 0.168 e. The molecular weight excluding hydrogens is 265 g/mol. The van der Waals surface area contributed by atoms with Crippen molar-refractivity contribution in [2.45, 2.75) is 12.8 Å². The number of halogens is 1. The molecule has 3 heteroatoms. The number of rotatable bonds is 5. The molecule has 21 heavy (non-hydrogen) atoms. The van der Waals surface area contributed by atoms with Gasteiger partial charge in [-0.15, -0.1) is 0 Å². The molecule has 1 aliphatic rings. The average molecular weight is 285 g/mol. The highest BCUT2D eigenvalue weighted by Gasteiger charge is 2.37. The van der Waals surface area contributed by atoms with Gasteiger partial charge in [-0.1, -0.05) is 42.5 Å². The predicted molar refractivity (Wildman–Crippen MR) is 82.1 cm³/mol. The summed E-state index contributed by atoms with van der Waals surface area (Å²) in [5, 5.41) is 3.34. The number of nitrogens with one attached hydrogen (secondary N) is 1. The Morgan fingerprint density at radius 2 is 1.81 bits per heavy atom. The fourth-order valence-electron chi connectivity index (χ4n) is 3.07. The van der Waals surface area contributed by atoms with Gasteiger partial charge in [0.15, 0.2) is 11.6 Å². The molecule has 1 heterocycles. The third-order valence-corrected chi connectivity index (χ3v) is 4.25. The summed E-state index contributed by atoms with van der Waals surface area (Å²) in [5.74, 6) is 0.106. The Kier molecular flexibility index (Phi) is 3.93. The van der Waals surface area contributed by atoms with E-state index in [1.54, 1.807) is 6.07 Å². The molecule has 2 aromatic carbocycles. The lowest BCUT2D eigenvalue weighted by atomic mass is 9.72. The van der Waals surface area contributed by atoms with Gasteiger partial charge in [0.2, 0.25) is 0 Å². The SMILES string of the molecule is COc1cccc(CC2(Cc3ccccc3)CNC2)c1F. The van der Waals surface area contributed by atoms with Crippen LogP contribution in [0.3, 0.4) is 0 Å². The van der Waals surface area contributed by atoms with Crippen molar-refractivity contribution >= 4 is 0 Å². The summed E-state index contributed by atoms with van der Waals surface area (Å²) >= 11 is 0. The summed E-state index contributed by atoms with van der Waals surface area (Å²) in [6.07, 6.45) is 1.70. The standard InChI is InChI=1S/C18H20FNO/c1-21-16-9-5-8-15(17(16)19)11-18(12-20-13-18)10-14-6-3-2-4-7-14/h2-9,20H,10-13H2,1H3. The van der Waals surface area contributed by atoms with E-state index >= 15 is 0 Å². The molecule has 2 nitrogen and oxygen atoms in total. The number of hydrogen-bond acceptors (Lipinski definition) is 2. The molecule has 0 bridgehead atoms. The van der Waals surface area contributed by atoms with Gasteiger partial charge >= 0.3 is 0 Å². The number of methoxy groups -OCH3 is 1. The first-order chi connectivity index (χ1) is 10.2. The van der Waals surface area contributed by atoms with Crippen LogP contribution >= 0.6 is 0 Å². The first-order valence-electron chi connectivity index (χ1n) is 7.28. The molecular formula is C18H20FNO. The van der Waals surface area contributed by atoms with Crippen LogP contribution < -0.4 is 10.1 Å². The monoisotopic (exact) mass is 285 g/mol. The van der Waals surface area contributed by atoms with E-state index in [1.165, 1.54) is 12.7 Å². The summed E-state index contributed by atoms with van der Waals surface area (Å²) in [4.78, 5) is 0. The lowest BCUT2D eigenvalue weighted by Crippen LogP contribution is -2.56. The number of hydrogen-bond donors (Lipinski definition) is 1. The molecule has 0 radical (unpaired) electrons. The quantitative estimate of drug-likeness (QED) is 0.911. The summed E-state index contributed by atoms with van der Waals surface area (Å²) in [5.41, 5.74) is 2.16. The predicted octanol–water partition coefficient (Wildman–Crippen LogP) is 3.21. The van der Waals surface area contributed by atoms with Crippen molar-refractivity contribution in [2.24, 2.45) is 5.41 Å². The maximum absolute atomic E-state index is 14.4. The molecule has 0 atom stereocenters. The van der Waals surface area contributed by atoms with Crippen molar-refractivity contribution in [3.8, 4) is 5.75 Å². The Hall–Kier alpha value is -1.87. The topological polar surface area (TPSA) is 21.3 Å². The van der Waals surface area contributed by atoms with Gasteiger partial charge in [-0.2, -0.15) is 0 Å². The summed E-state index contributed by atoms with van der Waals surface area (Å²) in [6.45, 7) is 1.86. The summed E-state index contributed by atoms with van der Waals surface area (Å²) in [6, 6.07) is 15.8. The fourth-order valence-corrected chi connectivity index (χ4v) is 3.07. The van der Waals surface area contributed by atoms with E-state index in [0.29, 0.717) is 5.75 Å². The van der Waals surface area contributed by atoms with Crippen LogP contribution in [0.2, 0.25) is 0 Å². The van der Waals surface area contributed by atoms with Crippen LogP contribution in [0.5, 0.6) is 5.75 Å². The van der Waals surface area contributed by atoms with Crippen molar-refractivity contribution in [3.63, 3.8) is 0 Å². The van der Waals surface area contributed by atoms with Crippen molar-refractivity contribution in [3.05, 3.63) is 65.5 Å². The highest BCUT2D eigenvalue weighted by atomic mass is 19.1. The van der Waals surface area contributed by atoms with Gasteiger partial charge in [0.25, 0.3) is 0 Å². The van der Waals surface area contributed by atoms with Crippen molar-refractivity contribution in [2.75, 3.05) is 20.2 Å². The molecule has 0 aromatic heterocycles. The Labute approximate surface area is 125 Å². The first kappa shape index (κ1) is 14.1. The van der Waals surface area contributed by atoms with Crippen LogP contribution in [-0.4, -0.2) is 20.2 Å². The second kappa shape index (κ2) is 5.86. The molecule has 0 aliphatic carbocycles. The molecule has 1 N–H and O–H groups in total. The average Bonchev–Trinajstić information content (AvgIpc) is 2.48. The zero-order valence-electron chi connectivity index (χ0n) is 12.2. The van der Waals surface area contributed by atoms with Crippen molar-refractivity contribution in [1.82, 2.24) is 5.32 Å². The van der Waals surface area contributed by atoms with Gasteiger partial charge in [0, 0.05) is 18.5 Å². The van der Waals surface area contributed by atoms with E-state index in [9.17, 15) is 4.39 Å². The van der Waals surface area contributed by atoms with Gasteiger partial charge in [0.1, 0.15) is 0 Å². The smallest absolute Gasteiger partial charge is 0.168 e. The van der Waals surface area contributed by atoms with Crippen molar-refractivity contribution < 1.29 is 9.13 Å². The Bertz CT molecular complexity index is 608. The zero-order chi connectivity index (χ0) is 14.7. The van der Waals surface area contributed by atoms with E-state index in [1.807, 2.05) is 18.2 Å². The van der Waals surface area contributed by atoms with E-state index in [-0.39, 0.29) is 11.2 Å². The van der Waals surface area contributed by atoms with Gasteiger partial charge in [-0.3, -0.25) is 0 Å². The molecule has 0 amide bonds. The largest absolute Gasteiger partial charge is 0.494 e.